The lowest BCUT2D eigenvalue weighted by Gasteiger charge is -2.33. The molecule has 2 aromatic rings. The number of nitrogens with zero attached hydrogens (tertiary/aromatic N) is 4. The van der Waals surface area contributed by atoms with Gasteiger partial charge in [-0.1, -0.05) is 6.07 Å². The largest absolute Gasteiger partial charge is 0.357 e. The second-order valence-electron chi connectivity index (χ2n) is 5.28. The number of nitrogens with one attached hydrogen (secondary N) is 1. The van der Waals surface area contributed by atoms with Crippen LogP contribution in [0.3, 0.4) is 0 Å². The maximum atomic E-state index is 4.42. The molecule has 3 rings (SSSR count). The Morgan fingerprint density at radius 3 is 2.70 bits per heavy atom. The lowest BCUT2D eigenvalue weighted by Crippen LogP contribution is -2.42. The Morgan fingerprint density at radius 2 is 2.05 bits per heavy atom. The van der Waals surface area contributed by atoms with Crippen LogP contribution in [-0.4, -0.2) is 33.7 Å². The molecular formula is C15H21N5. The molecule has 0 radical (unpaired) electrons. The maximum Gasteiger partial charge on any atom is 0.128 e. The summed E-state index contributed by atoms with van der Waals surface area (Å²) in [6.45, 7) is 2.97. The fourth-order valence-electron chi connectivity index (χ4n) is 2.66. The third-order valence-electron chi connectivity index (χ3n) is 3.94. The number of aromatic nitrogens is 3. The molecule has 0 spiro atoms. The first-order valence-corrected chi connectivity index (χ1v) is 7.18. The molecule has 0 unspecified atom stereocenters. The van der Waals surface area contributed by atoms with Crippen LogP contribution in [0.5, 0.6) is 0 Å². The van der Waals surface area contributed by atoms with Gasteiger partial charge in [0.05, 0.1) is 6.54 Å². The van der Waals surface area contributed by atoms with E-state index in [0.29, 0.717) is 6.04 Å². The molecular weight excluding hydrogens is 250 g/mol. The van der Waals surface area contributed by atoms with Gasteiger partial charge < -0.3 is 14.8 Å². The summed E-state index contributed by atoms with van der Waals surface area (Å²) in [6.07, 6.45) is 8.00. The molecule has 5 nitrogen and oxygen atoms in total. The predicted octanol–water partition coefficient (Wildman–Crippen LogP) is 1.57. The Hall–Kier alpha value is -1.88. The predicted molar refractivity (Wildman–Crippen MR) is 79.5 cm³/mol. The van der Waals surface area contributed by atoms with Gasteiger partial charge in [-0.15, -0.1) is 0 Å². The Bertz CT molecular complexity index is 528. The lowest BCUT2D eigenvalue weighted by atomic mass is 10.1. The van der Waals surface area contributed by atoms with Crippen molar-refractivity contribution in [2.45, 2.75) is 25.4 Å². The summed E-state index contributed by atoms with van der Waals surface area (Å²) in [5.41, 5.74) is 0. The first-order chi connectivity index (χ1) is 9.83. The zero-order valence-corrected chi connectivity index (χ0v) is 11.9. The van der Waals surface area contributed by atoms with Crippen molar-refractivity contribution in [2.24, 2.45) is 7.05 Å². The van der Waals surface area contributed by atoms with Crippen LogP contribution in [0.25, 0.3) is 0 Å². The zero-order chi connectivity index (χ0) is 13.8. The molecule has 0 amide bonds. The van der Waals surface area contributed by atoms with Crippen LogP contribution in [-0.2, 0) is 13.6 Å². The summed E-state index contributed by atoms with van der Waals surface area (Å²) in [6, 6.07) is 6.67. The van der Waals surface area contributed by atoms with Crippen LogP contribution in [0, 0.1) is 0 Å². The molecule has 0 aliphatic carbocycles. The summed E-state index contributed by atoms with van der Waals surface area (Å²) >= 11 is 0. The first kappa shape index (κ1) is 13.1. The van der Waals surface area contributed by atoms with Gasteiger partial charge in [0.1, 0.15) is 11.6 Å². The molecule has 0 saturated carbocycles. The SMILES string of the molecule is Cn1ccnc1CNC1CCN(c2ccccn2)CC1. The van der Waals surface area contributed by atoms with Gasteiger partial charge in [-0.25, -0.2) is 9.97 Å². The molecule has 3 heterocycles. The van der Waals surface area contributed by atoms with E-state index in [1.165, 1.54) is 0 Å². The van der Waals surface area contributed by atoms with Crippen LogP contribution in [0.2, 0.25) is 0 Å². The minimum absolute atomic E-state index is 0.576. The van der Waals surface area contributed by atoms with Crippen LogP contribution >= 0.6 is 0 Å². The maximum absolute atomic E-state index is 4.42. The van der Waals surface area contributed by atoms with Crippen LogP contribution in [0.1, 0.15) is 18.7 Å². The Labute approximate surface area is 119 Å². The molecule has 0 bridgehead atoms. The highest BCUT2D eigenvalue weighted by atomic mass is 15.2. The van der Waals surface area contributed by atoms with E-state index in [1.807, 2.05) is 37.8 Å². The quantitative estimate of drug-likeness (QED) is 0.917. The van der Waals surface area contributed by atoms with Crippen molar-refractivity contribution in [1.29, 1.82) is 0 Å². The number of aryl methyl sites for hydroxylation is 1. The number of hydrogen-bond donors (Lipinski definition) is 1. The van der Waals surface area contributed by atoms with Gasteiger partial charge in [-0.05, 0) is 25.0 Å². The van der Waals surface area contributed by atoms with E-state index < -0.39 is 0 Å². The van der Waals surface area contributed by atoms with Gasteiger partial charge in [0.25, 0.3) is 0 Å². The molecule has 5 heteroatoms. The van der Waals surface area contributed by atoms with E-state index in [1.54, 1.807) is 0 Å². The highest BCUT2D eigenvalue weighted by Crippen LogP contribution is 2.17. The van der Waals surface area contributed by atoms with Crippen molar-refractivity contribution in [3.8, 4) is 0 Å². The van der Waals surface area contributed by atoms with Gasteiger partial charge >= 0.3 is 0 Å². The Balaban J connectivity index is 1.48. The van der Waals surface area contributed by atoms with E-state index in [4.69, 9.17) is 0 Å². The zero-order valence-electron chi connectivity index (χ0n) is 11.9. The number of pyridine rings is 1. The van der Waals surface area contributed by atoms with Crippen LogP contribution in [0.15, 0.2) is 36.8 Å². The highest BCUT2D eigenvalue weighted by Gasteiger charge is 2.19. The summed E-state index contributed by atoms with van der Waals surface area (Å²) in [4.78, 5) is 11.1. The van der Waals surface area contributed by atoms with Gasteiger partial charge in [0.15, 0.2) is 0 Å². The van der Waals surface area contributed by atoms with Gasteiger partial charge in [0.2, 0.25) is 0 Å². The molecule has 1 saturated heterocycles. The normalized spacial score (nSPS) is 16.6. The molecule has 1 fully saturated rings. The van der Waals surface area contributed by atoms with E-state index >= 15 is 0 Å². The fourth-order valence-corrected chi connectivity index (χ4v) is 2.66. The van der Waals surface area contributed by atoms with Crippen molar-refractivity contribution in [2.75, 3.05) is 18.0 Å². The van der Waals surface area contributed by atoms with E-state index in [0.717, 1.165) is 44.1 Å². The monoisotopic (exact) mass is 271 g/mol. The summed E-state index contributed by atoms with van der Waals surface area (Å²) < 4.78 is 2.07. The minimum atomic E-state index is 0.576. The molecule has 1 aliphatic rings. The van der Waals surface area contributed by atoms with Gasteiger partial charge in [-0.2, -0.15) is 0 Å². The fraction of sp³-hybridized carbons (Fsp3) is 0.467. The van der Waals surface area contributed by atoms with Gasteiger partial charge in [-0.3, -0.25) is 0 Å². The van der Waals surface area contributed by atoms with E-state index in [2.05, 4.69) is 30.8 Å². The number of piperidine rings is 1. The smallest absolute Gasteiger partial charge is 0.128 e. The number of imidazole rings is 1. The minimum Gasteiger partial charge on any atom is -0.357 e. The van der Waals surface area contributed by atoms with Crippen LogP contribution in [0.4, 0.5) is 5.82 Å². The summed E-state index contributed by atoms with van der Waals surface area (Å²) in [5, 5.41) is 3.61. The molecule has 0 aromatic carbocycles. The number of hydrogen-bond acceptors (Lipinski definition) is 4. The van der Waals surface area contributed by atoms with Crippen LogP contribution < -0.4 is 10.2 Å². The third-order valence-corrected chi connectivity index (χ3v) is 3.94. The highest BCUT2D eigenvalue weighted by molar-refractivity contribution is 5.38. The standard InChI is InChI=1S/C15H21N5/c1-19-11-8-17-15(19)12-18-13-5-9-20(10-6-13)14-4-2-3-7-16-14/h2-4,7-8,11,13,18H,5-6,9-10,12H2,1H3. The first-order valence-electron chi connectivity index (χ1n) is 7.18. The molecule has 0 atom stereocenters. The number of anilines is 1. The molecule has 1 aliphatic heterocycles. The molecule has 20 heavy (non-hydrogen) atoms. The molecule has 1 N–H and O–H groups in total. The Morgan fingerprint density at radius 1 is 1.20 bits per heavy atom. The Kier molecular flexibility index (Phi) is 3.97. The van der Waals surface area contributed by atoms with Crippen molar-refractivity contribution in [3.05, 3.63) is 42.6 Å². The summed E-state index contributed by atoms with van der Waals surface area (Å²) in [7, 11) is 2.04. The lowest BCUT2D eigenvalue weighted by molar-refractivity contribution is 0.406. The topological polar surface area (TPSA) is 46.0 Å². The van der Waals surface area contributed by atoms with Crippen molar-refractivity contribution >= 4 is 5.82 Å². The van der Waals surface area contributed by atoms with Crippen molar-refractivity contribution in [3.63, 3.8) is 0 Å². The average molecular weight is 271 g/mol. The third kappa shape index (κ3) is 2.99. The summed E-state index contributed by atoms with van der Waals surface area (Å²) in [5.74, 6) is 2.19. The molecule has 106 valence electrons. The average Bonchev–Trinajstić information content (AvgIpc) is 2.92. The second kappa shape index (κ2) is 6.05. The van der Waals surface area contributed by atoms with E-state index in [-0.39, 0.29) is 0 Å². The number of rotatable bonds is 4. The van der Waals surface area contributed by atoms with Crippen molar-refractivity contribution in [1.82, 2.24) is 19.9 Å². The molecule has 2 aromatic heterocycles. The van der Waals surface area contributed by atoms with Gasteiger partial charge in [0, 0.05) is 44.8 Å². The van der Waals surface area contributed by atoms with Crippen molar-refractivity contribution < 1.29 is 0 Å². The van der Waals surface area contributed by atoms with E-state index in [9.17, 15) is 0 Å². The second-order valence-corrected chi connectivity index (χ2v) is 5.28.